The summed E-state index contributed by atoms with van der Waals surface area (Å²) in [7, 11) is 0. The van der Waals surface area contributed by atoms with Crippen molar-refractivity contribution in [3.63, 3.8) is 0 Å². The van der Waals surface area contributed by atoms with Crippen LogP contribution in [0.5, 0.6) is 5.75 Å². The summed E-state index contributed by atoms with van der Waals surface area (Å²) < 4.78 is 28.2. The number of piperidine rings is 1. The Morgan fingerprint density at radius 1 is 0.929 bits per heavy atom. The topological polar surface area (TPSA) is 87.4 Å². The van der Waals surface area contributed by atoms with E-state index in [-0.39, 0.29) is 37.1 Å². The highest BCUT2D eigenvalue weighted by Gasteiger charge is 2.35. The van der Waals surface area contributed by atoms with Crippen molar-refractivity contribution in [2.45, 2.75) is 51.4 Å². The maximum absolute atomic E-state index is 12.9. The maximum atomic E-state index is 12.9. The van der Waals surface area contributed by atoms with Crippen molar-refractivity contribution in [2.75, 3.05) is 26.3 Å². The number of fused-ring (bicyclic) bond motifs is 1. The van der Waals surface area contributed by atoms with Gasteiger partial charge in [-0.3, -0.25) is 0 Å². The van der Waals surface area contributed by atoms with Gasteiger partial charge in [0.1, 0.15) is 24.6 Å². The molecule has 0 saturated carbocycles. The third kappa shape index (κ3) is 7.70. The number of hydrogen-bond donors (Lipinski definition) is 0. The fourth-order valence-electron chi connectivity index (χ4n) is 5.06. The molecule has 1 aliphatic rings. The van der Waals surface area contributed by atoms with Crippen LogP contribution in [0.4, 0.5) is 4.79 Å². The first kappa shape index (κ1) is 29.2. The minimum Gasteiger partial charge on any atom is -0.490 e. The molecule has 1 aliphatic heterocycles. The van der Waals surface area contributed by atoms with Crippen LogP contribution in [-0.4, -0.2) is 55.0 Å². The molecule has 2 heterocycles. The maximum Gasteiger partial charge on any atom is 0.410 e. The molecule has 42 heavy (non-hydrogen) atoms. The number of amides is 1. The van der Waals surface area contributed by atoms with Crippen LogP contribution in [0.2, 0.25) is 0 Å². The van der Waals surface area contributed by atoms with Crippen molar-refractivity contribution in [3.05, 3.63) is 102 Å². The van der Waals surface area contributed by atoms with Crippen LogP contribution in [0.15, 0.2) is 89.5 Å². The number of likely N-dealkylation sites (tertiary alicyclic amines) is 1. The molecular weight excluding hydrogens is 534 g/mol. The molecular formula is C34H37NO7. The molecule has 220 valence electrons. The van der Waals surface area contributed by atoms with Gasteiger partial charge < -0.3 is 28.3 Å². The fraction of sp³-hybridized carbons (Fsp3) is 0.353. The number of nitrogens with zero attached hydrogens (tertiary/aromatic N) is 1. The van der Waals surface area contributed by atoms with Gasteiger partial charge in [0.05, 0.1) is 25.5 Å². The van der Waals surface area contributed by atoms with Gasteiger partial charge in [0, 0.05) is 12.5 Å². The van der Waals surface area contributed by atoms with Crippen LogP contribution in [0, 0.1) is 0 Å². The quantitative estimate of drug-likeness (QED) is 0.158. The van der Waals surface area contributed by atoms with E-state index in [0.29, 0.717) is 25.4 Å². The van der Waals surface area contributed by atoms with Gasteiger partial charge in [-0.1, -0.05) is 48.5 Å². The fourth-order valence-corrected chi connectivity index (χ4v) is 5.06. The Labute approximate surface area is 246 Å². The molecule has 0 radical (unpaired) electrons. The second kappa shape index (κ2) is 13.1. The van der Waals surface area contributed by atoms with E-state index >= 15 is 0 Å². The van der Waals surface area contributed by atoms with E-state index in [2.05, 4.69) is 30.3 Å². The Hall–Kier alpha value is -4.30. The number of esters is 1. The molecule has 1 aromatic heterocycles. The number of carbonyl (C=O) groups excluding carboxylic acids is 2. The molecule has 2 atom stereocenters. The summed E-state index contributed by atoms with van der Waals surface area (Å²) in [5, 5.41) is 2.35. The Morgan fingerprint density at radius 2 is 1.71 bits per heavy atom. The second-order valence-corrected chi connectivity index (χ2v) is 11.4. The zero-order chi connectivity index (χ0) is 29.5. The van der Waals surface area contributed by atoms with Crippen molar-refractivity contribution < 1.29 is 33.0 Å². The predicted molar refractivity (Wildman–Crippen MR) is 159 cm³/mol. The van der Waals surface area contributed by atoms with Crippen LogP contribution in [0.1, 0.15) is 54.8 Å². The highest BCUT2D eigenvalue weighted by molar-refractivity contribution is 5.86. The summed E-state index contributed by atoms with van der Waals surface area (Å²) in [4.78, 5) is 26.5. The standard InChI is InChI=1S/C34H37NO7/c1-34(2,3)42-33(37)35-17-16-29(31(22-35)41-23-24-10-11-25-7-4-5-8-27(25)21-24)26-12-14-28(15-13-26)38-19-20-40-32(36)30-9-6-18-39-30/h4-15,18,21,29,31H,16-17,19-20,22-23H2,1-3H3. The van der Waals surface area contributed by atoms with Crippen LogP contribution in [-0.2, 0) is 20.8 Å². The van der Waals surface area contributed by atoms with Gasteiger partial charge in [-0.25, -0.2) is 9.59 Å². The molecule has 3 aromatic carbocycles. The van der Waals surface area contributed by atoms with E-state index in [1.807, 2.05) is 57.2 Å². The lowest BCUT2D eigenvalue weighted by Crippen LogP contribution is -2.48. The Kier molecular flexibility index (Phi) is 9.12. The Balaban J connectivity index is 1.22. The first-order valence-electron chi connectivity index (χ1n) is 14.3. The van der Waals surface area contributed by atoms with Gasteiger partial charge in [-0.05, 0) is 79.4 Å². The van der Waals surface area contributed by atoms with Gasteiger partial charge in [-0.15, -0.1) is 0 Å². The minimum absolute atomic E-state index is 0.0902. The number of carbonyl (C=O) groups is 2. The van der Waals surface area contributed by atoms with Crippen LogP contribution in [0.3, 0.4) is 0 Å². The molecule has 0 spiro atoms. The minimum atomic E-state index is -0.567. The predicted octanol–water partition coefficient (Wildman–Crippen LogP) is 6.98. The molecule has 8 nitrogen and oxygen atoms in total. The summed E-state index contributed by atoms with van der Waals surface area (Å²) in [5.41, 5.74) is 1.62. The summed E-state index contributed by atoms with van der Waals surface area (Å²) in [5.74, 6) is 0.404. The molecule has 4 aromatic rings. The first-order chi connectivity index (χ1) is 20.2. The Bertz CT molecular complexity index is 1470. The summed E-state index contributed by atoms with van der Waals surface area (Å²) in [6.07, 6.45) is 1.63. The largest absolute Gasteiger partial charge is 0.490 e. The first-order valence-corrected chi connectivity index (χ1v) is 14.3. The van der Waals surface area contributed by atoms with Gasteiger partial charge in [0.25, 0.3) is 0 Å². The molecule has 1 amide bonds. The lowest BCUT2D eigenvalue weighted by Gasteiger charge is -2.39. The van der Waals surface area contributed by atoms with E-state index in [0.717, 1.165) is 17.5 Å². The van der Waals surface area contributed by atoms with E-state index < -0.39 is 11.6 Å². The summed E-state index contributed by atoms with van der Waals surface area (Å²) in [6, 6.07) is 25.7. The molecule has 0 aliphatic carbocycles. The average molecular weight is 572 g/mol. The smallest absolute Gasteiger partial charge is 0.410 e. The second-order valence-electron chi connectivity index (χ2n) is 11.4. The molecule has 5 rings (SSSR count). The average Bonchev–Trinajstić information content (AvgIpc) is 3.53. The number of benzene rings is 3. The molecule has 1 fully saturated rings. The highest BCUT2D eigenvalue weighted by atomic mass is 16.6. The van der Waals surface area contributed by atoms with Crippen LogP contribution >= 0.6 is 0 Å². The number of hydrogen-bond acceptors (Lipinski definition) is 7. The Morgan fingerprint density at radius 3 is 2.45 bits per heavy atom. The third-order valence-electron chi connectivity index (χ3n) is 7.10. The number of furan rings is 1. The van der Waals surface area contributed by atoms with E-state index in [9.17, 15) is 9.59 Å². The monoisotopic (exact) mass is 571 g/mol. The van der Waals surface area contributed by atoms with Crippen LogP contribution < -0.4 is 4.74 Å². The lowest BCUT2D eigenvalue weighted by atomic mass is 9.87. The molecule has 8 heteroatoms. The molecule has 0 bridgehead atoms. The summed E-state index contributed by atoms with van der Waals surface area (Å²) in [6.45, 7) is 7.40. The third-order valence-corrected chi connectivity index (χ3v) is 7.10. The zero-order valence-corrected chi connectivity index (χ0v) is 24.3. The van der Waals surface area contributed by atoms with Crippen molar-refractivity contribution in [1.82, 2.24) is 4.90 Å². The van der Waals surface area contributed by atoms with E-state index in [1.54, 1.807) is 17.0 Å². The van der Waals surface area contributed by atoms with E-state index in [4.69, 9.17) is 23.4 Å². The van der Waals surface area contributed by atoms with Crippen molar-refractivity contribution in [1.29, 1.82) is 0 Å². The van der Waals surface area contributed by atoms with E-state index in [1.165, 1.54) is 17.0 Å². The zero-order valence-electron chi connectivity index (χ0n) is 24.3. The number of ether oxygens (including phenoxy) is 4. The van der Waals surface area contributed by atoms with Gasteiger partial charge in [0.15, 0.2) is 0 Å². The highest BCUT2D eigenvalue weighted by Crippen LogP contribution is 2.33. The van der Waals surface area contributed by atoms with Crippen molar-refractivity contribution in [2.24, 2.45) is 0 Å². The van der Waals surface area contributed by atoms with Crippen molar-refractivity contribution in [3.8, 4) is 5.75 Å². The molecule has 2 unspecified atom stereocenters. The number of rotatable bonds is 9. The van der Waals surface area contributed by atoms with Gasteiger partial charge in [-0.2, -0.15) is 0 Å². The van der Waals surface area contributed by atoms with Gasteiger partial charge >= 0.3 is 12.1 Å². The normalized spacial score (nSPS) is 17.2. The molecule has 1 saturated heterocycles. The molecule has 0 N–H and O–H groups in total. The van der Waals surface area contributed by atoms with Crippen LogP contribution in [0.25, 0.3) is 10.8 Å². The van der Waals surface area contributed by atoms with Gasteiger partial charge in [0.2, 0.25) is 5.76 Å². The lowest BCUT2D eigenvalue weighted by molar-refractivity contribution is -0.0359. The van der Waals surface area contributed by atoms with Crippen molar-refractivity contribution >= 4 is 22.8 Å². The SMILES string of the molecule is CC(C)(C)OC(=O)N1CCC(c2ccc(OCCOC(=O)c3ccco3)cc2)C(OCc2ccc3ccccc3c2)C1. The summed E-state index contributed by atoms with van der Waals surface area (Å²) >= 11 is 0.